The van der Waals surface area contributed by atoms with E-state index in [1.54, 1.807) is 0 Å². The molecule has 1 saturated heterocycles. The molecule has 5 heteroatoms. The molecule has 1 aliphatic rings. The minimum Gasteiger partial charge on any atom is -0.481 e. The van der Waals surface area contributed by atoms with Gasteiger partial charge >= 0.3 is 5.97 Å². The van der Waals surface area contributed by atoms with Crippen LogP contribution in [-0.4, -0.2) is 36.2 Å². The summed E-state index contributed by atoms with van der Waals surface area (Å²) < 4.78 is 5.54. The number of rotatable bonds is 9. The van der Waals surface area contributed by atoms with Crippen LogP contribution in [0, 0.1) is 17.8 Å². The van der Waals surface area contributed by atoms with Crippen LogP contribution >= 0.6 is 0 Å². The number of hydrogen-bond acceptors (Lipinski definition) is 3. The van der Waals surface area contributed by atoms with Gasteiger partial charge in [-0.05, 0) is 37.5 Å². The maximum absolute atomic E-state index is 12.1. The molecule has 0 bridgehead atoms. The van der Waals surface area contributed by atoms with Gasteiger partial charge in [-0.3, -0.25) is 9.59 Å². The molecule has 0 spiro atoms. The van der Waals surface area contributed by atoms with Crippen LogP contribution in [0.2, 0.25) is 0 Å². The molecule has 1 aliphatic heterocycles. The van der Waals surface area contributed by atoms with Gasteiger partial charge in [0.15, 0.2) is 0 Å². The molecule has 0 aromatic carbocycles. The highest BCUT2D eigenvalue weighted by Gasteiger charge is 2.32. The molecule has 122 valence electrons. The largest absolute Gasteiger partial charge is 0.481 e. The van der Waals surface area contributed by atoms with Gasteiger partial charge in [0.05, 0.1) is 12.0 Å². The molecule has 5 nitrogen and oxygen atoms in total. The molecule has 1 fully saturated rings. The zero-order chi connectivity index (χ0) is 15.8. The number of carboxylic acids is 1. The maximum atomic E-state index is 12.1. The van der Waals surface area contributed by atoms with Crippen molar-refractivity contribution < 1.29 is 19.4 Å². The summed E-state index contributed by atoms with van der Waals surface area (Å²) in [5.74, 6) is 0.0767. The molecule has 1 rings (SSSR count). The van der Waals surface area contributed by atoms with Gasteiger partial charge in [-0.15, -0.1) is 0 Å². The van der Waals surface area contributed by atoms with Crippen molar-refractivity contribution in [2.75, 3.05) is 13.2 Å². The standard InChI is InChI=1S/C16H29NO4/c1-4-14-13(8-10-21-14)16(20)17-9-7-12(11(2)3)5-6-15(18)19/h11-14H,4-10H2,1-3H3,(H,17,20)(H,18,19). The molecule has 0 radical (unpaired) electrons. The number of carbonyl (C=O) groups excluding carboxylic acids is 1. The van der Waals surface area contributed by atoms with Gasteiger partial charge in [-0.25, -0.2) is 0 Å². The fourth-order valence-corrected chi connectivity index (χ4v) is 2.98. The summed E-state index contributed by atoms with van der Waals surface area (Å²) >= 11 is 0. The van der Waals surface area contributed by atoms with E-state index in [1.165, 1.54) is 0 Å². The quantitative estimate of drug-likeness (QED) is 0.685. The van der Waals surface area contributed by atoms with Gasteiger partial charge < -0.3 is 15.2 Å². The van der Waals surface area contributed by atoms with Crippen molar-refractivity contribution in [3.05, 3.63) is 0 Å². The van der Waals surface area contributed by atoms with Crippen LogP contribution < -0.4 is 5.32 Å². The zero-order valence-corrected chi connectivity index (χ0v) is 13.4. The van der Waals surface area contributed by atoms with Crippen LogP contribution in [0.1, 0.15) is 52.9 Å². The number of hydrogen-bond donors (Lipinski definition) is 2. The van der Waals surface area contributed by atoms with Gasteiger partial charge in [0, 0.05) is 19.6 Å². The van der Waals surface area contributed by atoms with Crippen LogP contribution in [0.5, 0.6) is 0 Å². The predicted molar refractivity (Wildman–Crippen MR) is 81.0 cm³/mol. The molecule has 2 N–H and O–H groups in total. The zero-order valence-electron chi connectivity index (χ0n) is 13.4. The molecule has 0 aromatic heterocycles. The fraction of sp³-hybridized carbons (Fsp3) is 0.875. The van der Waals surface area contributed by atoms with E-state index in [0.717, 1.165) is 19.3 Å². The lowest BCUT2D eigenvalue weighted by atomic mass is 9.88. The molecular weight excluding hydrogens is 270 g/mol. The van der Waals surface area contributed by atoms with E-state index < -0.39 is 5.97 Å². The van der Waals surface area contributed by atoms with Crippen LogP contribution in [-0.2, 0) is 14.3 Å². The van der Waals surface area contributed by atoms with Crippen molar-refractivity contribution in [2.24, 2.45) is 17.8 Å². The smallest absolute Gasteiger partial charge is 0.303 e. The third-order valence-corrected chi connectivity index (χ3v) is 4.43. The summed E-state index contributed by atoms with van der Waals surface area (Å²) in [6.45, 7) is 7.54. The van der Waals surface area contributed by atoms with Gasteiger partial charge in [-0.2, -0.15) is 0 Å². The SMILES string of the molecule is CCC1OCCC1C(=O)NCCC(CCC(=O)O)C(C)C. The van der Waals surface area contributed by atoms with E-state index in [4.69, 9.17) is 9.84 Å². The lowest BCUT2D eigenvalue weighted by Crippen LogP contribution is -2.36. The Hall–Kier alpha value is -1.10. The number of ether oxygens (including phenoxy) is 1. The first-order chi connectivity index (χ1) is 9.95. The summed E-state index contributed by atoms with van der Waals surface area (Å²) in [5.41, 5.74) is 0. The Morgan fingerprint density at radius 2 is 2.05 bits per heavy atom. The van der Waals surface area contributed by atoms with E-state index in [-0.39, 0.29) is 24.3 Å². The molecule has 0 saturated carbocycles. The average molecular weight is 299 g/mol. The predicted octanol–water partition coefficient (Wildman–Crippen LogP) is 2.44. The molecule has 0 aromatic rings. The van der Waals surface area contributed by atoms with E-state index in [0.29, 0.717) is 31.4 Å². The summed E-state index contributed by atoms with van der Waals surface area (Å²) in [6, 6.07) is 0. The Kier molecular flexibility index (Phi) is 7.72. The Morgan fingerprint density at radius 1 is 1.33 bits per heavy atom. The highest BCUT2D eigenvalue weighted by atomic mass is 16.5. The number of aliphatic carboxylic acids is 1. The van der Waals surface area contributed by atoms with Crippen molar-refractivity contribution in [1.82, 2.24) is 5.32 Å². The van der Waals surface area contributed by atoms with Crippen molar-refractivity contribution in [3.8, 4) is 0 Å². The van der Waals surface area contributed by atoms with Crippen LogP contribution in [0.25, 0.3) is 0 Å². The summed E-state index contributed by atoms with van der Waals surface area (Å²) in [5, 5.41) is 11.8. The van der Waals surface area contributed by atoms with Crippen LogP contribution in [0.4, 0.5) is 0 Å². The normalized spacial score (nSPS) is 23.2. The first kappa shape index (κ1) is 18.0. The molecule has 1 heterocycles. The van der Waals surface area contributed by atoms with Crippen molar-refractivity contribution in [1.29, 1.82) is 0 Å². The second-order valence-electron chi connectivity index (χ2n) is 6.23. The van der Waals surface area contributed by atoms with Gasteiger partial charge in [0.2, 0.25) is 5.91 Å². The van der Waals surface area contributed by atoms with E-state index >= 15 is 0 Å². The summed E-state index contributed by atoms with van der Waals surface area (Å²) in [6.07, 6.45) is 3.43. The third kappa shape index (κ3) is 6.04. The van der Waals surface area contributed by atoms with Gasteiger partial charge in [0.25, 0.3) is 0 Å². The average Bonchev–Trinajstić information content (AvgIpc) is 2.90. The summed E-state index contributed by atoms with van der Waals surface area (Å²) in [4.78, 5) is 22.8. The first-order valence-electron chi connectivity index (χ1n) is 8.06. The molecule has 0 aliphatic carbocycles. The third-order valence-electron chi connectivity index (χ3n) is 4.43. The second kappa shape index (κ2) is 9.03. The minimum absolute atomic E-state index is 0.0217. The maximum Gasteiger partial charge on any atom is 0.303 e. The van der Waals surface area contributed by atoms with Crippen LogP contribution in [0.3, 0.4) is 0 Å². The molecular formula is C16H29NO4. The summed E-state index contributed by atoms with van der Waals surface area (Å²) in [7, 11) is 0. The lowest BCUT2D eigenvalue weighted by Gasteiger charge is -2.21. The van der Waals surface area contributed by atoms with Gasteiger partial charge in [0.1, 0.15) is 0 Å². The van der Waals surface area contributed by atoms with E-state index in [2.05, 4.69) is 19.2 Å². The molecule has 3 atom stereocenters. The molecule has 1 amide bonds. The second-order valence-corrected chi connectivity index (χ2v) is 6.23. The van der Waals surface area contributed by atoms with Crippen LogP contribution in [0.15, 0.2) is 0 Å². The number of amides is 1. The fourth-order valence-electron chi connectivity index (χ4n) is 2.98. The number of carbonyl (C=O) groups is 2. The first-order valence-corrected chi connectivity index (χ1v) is 8.06. The van der Waals surface area contributed by atoms with E-state index in [9.17, 15) is 9.59 Å². The van der Waals surface area contributed by atoms with E-state index in [1.807, 2.05) is 6.92 Å². The minimum atomic E-state index is -0.751. The molecule has 3 unspecified atom stereocenters. The highest BCUT2D eigenvalue weighted by Crippen LogP contribution is 2.24. The Bertz CT molecular complexity index is 343. The topological polar surface area (TPSA) is 75.6 Å². The van der Waals surface area contributed by atoms with Crippen molar-refractivity contribution in [3.63, 3.8) is 0 Å². The van der Waals surface area contributed by atoms with Crippen molar-refractivity contribution >= 4 is 11.9 Å². The van der Waals surface area contributed by atoms with Crippen molar-refractivity contribution in [2.45, 2.75) is 59.0 Å². The Balaban J connectivity index is 2.32. The Labute approximate surface area is 127 Å². The highest BCUT2D eigenvalue weighted by molar-refractivity contribution is 5.79. The van der Waals surface area contributed by atoms with Gasteiger partial charge in [-0.1, -0.05) is 20.8 Å². The monoisotopic (exact) mass is 299 g/mol. The Morgan fingerprint density at radius 3 is 2.62 bits per heavy atom. The number of nitrogens with one attached hydrogen (secondary N) is 1. The molecule has 21 heavy (non-hydrogen) atoms. The lowest BCUT2D eigenvalue weighted by molar-refractivity contribution is -0.137. The number of carboxylic acid groups (broad SMARTS) is 1.